The van der Waals surface area contributed by atoms with Gasteiger partial charge in [-0.05, 0) is 41.1 Å². The molecule has 0 bridgehead atoms. The van der Waals surface area contributed by atoms with Crippen LogP contribution in [-0.4, -0.2) is 4.98 Å². The van der Waals surface area contributed by atoms with E-state index in [9.17, 15) is 0 Å². The molecule has 0 aliphatic heterocycles. The van der Waals surface area contributed by atoms with Gasteiger partial charge in [-0.1, -0.05) is 63.8 Å². The smallest absolute Gasteiger partial charge is 0.227 e. The topological polar surface area (TPSA) is 29.9 Å². The first-order valence-electron chi connectivity index (χ1n) is 17.0. The summed E-state index contributed by atoms with van der Waals surface area (Å²) in [6.07, 6.45) is 1.48. The molecule has 0 fully saturated rings. The second-order valence-electron chi connectivity index (χ2n) is 8.56. The summed E-state index contributed by atoms with van der Waals surface area (Å²) in [6, 6.07) is 14.4. The van der Waals surface area contributed by atoms with E-state index < -0.39 is 38.7 Å². The minimum atomic E-state index is -3.19. The van der Waals surface area contributed by atoms with Crippen molar-refractivity contribution < 1.29 is 26.8 Å². The number of hydrogen-bond donors (Lipinski definition) is 0. The fraction of sp³-hybridized carbons (Fsp3) is 0.267. The lowest BCUT2D eigenvalue weighted by atomic mass is 9.85. The Morgan fingerprint density at radius 2 is 1.88 bits per heavy atom. The molecule has 6 rings (SSSR count). The van der Waals surface area contributed by atoms with Crippen molar-refractivity contribution in [2.45, 2.75) is 45.6 Å². The van der Waals surface area contributed by atoms with Gasteiger partial charge < -0.3 is 4.42 Å². The fourth-order valence-corrected chi connectivity index (χ4v) is 4.82. The highest BCUT2D eigenvalue weighted by Gasteiger charge is 2.37. The summed E-state index contributed by atoms with van der Waals surface area (Å²) in [6.45, 7) is -10.6. The third-order valence-electron chi connectivity index (χ3n) is 6.51. The van der Waals surface area contributed by atoms with Gasteiger partial charge in [0, 0.05) is 51.7 Å². The molecule has 1 aliphatic rings. The van der Waals surface area contributed by atoms with Crippen molar-refractivity contribution >= 4 is 22.1 Å². The zero-order chi connectivity index (χ0) is 34.0. The Morgan fingerprint density at radius 1 is 1.03 bits per heavy atom. The van der Waals surface area contributed by atoms with E-state index in [1.165, 1.54) is 24.4 Å². The molecule has 164 valence electrons. The number of furan rings is 1. The third-order valence-corrected chi connectivity index (χ3v) is 6.51. The summed E-state index contributed by atoms with van der Waals surface area (Å²) >= 11 is 0. The first kappa shape index (κ1) is 10.6. The molecule has 2 aromatic carbocycles. The van der Waals surface area contributed by atoms with E-state index in [1.807, 2.05) is 0 Å². The number of aromatic nitrogens is 2. The molecule has 0 radical (unpaired) electrons. The Kier molecular flexibility index (Phi) is 2.18. The Hall–Kier alpha value is -3.46. The molecule has 0 saturated carbocycles. The van der Waals surface area contributed by atoms with Crippen LogP contribution in [0, 0.1) is 6.92 Å². The summed E-state index contributed by atoms with van der Waals surface area (Å²) in [5, 5.41) is 1.06. The van der Waals surface area contributed by atoms with Gasteiger partial charge in [0.25, 0.3) is 0 Å². The van der Waals surface area contributed by atoms with Crippen molar-refractivity contribution in [3.05, 3.63) is 83.2 Å². The van der Waals surface area contributed by atoms with E-state index >= 15 is 0 Å². The molecular weight excluding hydrogens is 404 g/mol. The number of benzene rings is 2. The van der Waals surface area contributed by atoms with E-state index in [0.29, 0.717) is 44.3 Å². The second-order valence-corrected chi connectivity index (χ2v) is 8.56. The Morgan fingerprint density at radius 3 is 2.70 bits per heavy atom. The molecule has 5 aromatic rings. The van der Waals surface area contributed by atoms with Crippen molar-refractivity contribution in [3.63, 3.8) is 0 Å². The Bertz CT molecular complexity index is 2020. The molecule has 0 spiro atoms. The lowest BCUT2D eigenvalue weighted by molar-refractivity contribution is -0.660. The zero-order valence-corrected chi connectivity index (χ0v) is 18.1. The number of fused-ring (bicyclic) bond motifs is 6. The van der Waals surface area contributed by atoms with Crippen LogP contribution < -0.4 is 4.57 Å². The summed E-state index contributed by atoms with van der Waals surface area (Å²) in [4.78, 5) is 4.63. The third kappa shape index (κ3) is 2.75. The minimum absolute atomic E-state index is 0.00455. The monoisotopic (exact) mass is 446 g/mol. The minimum Gasteiger partial charge on any atom is -0.437 e. The largest absolute Gasteiger partial charge is 0.437 e. The second kappa shape index (κ2) is 6.77. The molecule has 3 nitrogen and oxygen atoms in total. The molecule has 0 atom stereocenters. The van der Waals surface area contributed by atoms with E-state index in [4.69, 9.17) is 22.2 Å². The lowest BCUT2D eigenvalue weighted by Gasteiger charge is -2.19. The lowest BCUT2D eigenvalue weighted by Crippen LogP contribution is -2.31. The molecule has 33 heavy (non-hydrogen) atoms. The van der Waals surface area contributed by atoms with Crippen LogP contribution in [0.15, 0.2) is 65.2 Å². The average Bonchev–Trinajstić information content (AvgIpc) is 3.43. The van der Waals surface area contributed by atoms with Crippen LogP contribution in [-0.2, 0) is 12.5 Å². The molecular formula is C30H29N2O+. The number of nitrogens with zero attached hydrogens (tertiary/aromatic N) is 2. The van der Waals surface area contributed by atoms with Crippen molar-refractivity contribution in [2.24, 2.45) is 7.05 Å². The molecule has 0 amide bonds. The first-order valence-corrected chi connectivity index (χ1v) is 10.5. The number of pyridine rings is 2. The maximum Gasteiger partial charge on any atom is 0.227 e. The van der Waals surface area contributed by atoms with Crippen molar-refractivity contribution in [3.8, 4) is 22.4 Å². The number of hydrogen-bond acceptors (Lipinski definition) is 2. The van der Waals surface area contributed by atoms with Gasteiger partial charge in [-0.25, -0.2) is 9.55 Å². The number of aryl methyl sites for hydroxylation is 2. The van der Waals surface area contributed by atoms with Crippen LogP contribution in [0.4, 0.5) is 0 Å². The van der Waals surface area contributed by atoms with E-state index in [-0.39, 0.29) is 22.5 Å². The van der Waals surface area contributed by atoms with Gasteiger partial charge in [-0.2, -0.15) is 0 Å². The van der Waals surface area contributed by atoms with Gasteiger partial charge >= 0.3 is 0 Å². The zero-order valence-electron chi connectivity index (χ0n) is 31.1. The highest BCUT2D eigenvalue weighted by atomic mass is 16.3. The first-order chi connectivity index (χ1) is 21.1. The van der Waals surface area contributed by atoms with Gasteiger partial charge in [0.15, 0.2) is 11.8 Å². The molecule has 3 heteroatoms. The summed E-state index contributed by atoms with van der Waals surface area (Å²) in [7, 11) is 1.68. The Balaban J connectivity index is 1.68. The maximum absolute atomic E-state index is 8.71. The van der Waals surface area contributed by atoms with Crippen molar-refractivity contribution in [1.29, 1.82) is 0 Å². The van der Waals surface area contributed by atoms with Crippen LogP contribution >= 0.6 is 0 Å². The van der Waals surface area contributed by atoms with Crippen LogP contribution in [0.25, 0.3) is 44.5 Å². The van der Waals surface area contributed by atoms with Gasteiger partial charge in [0.05, 0.1) is 11.3 Å². The SMILES string of the molecule is [2H]C([2H])([2H])C([2H])(c1cc[n+](C)c(-c2c(C)ccc3c2oc2nc4c(cc23)-c2ccccc2C4(C([2H])([2H])[2H])C([2H])([2H])[2H])c1)C([2H])([2H])[2H]. The maximum atomic E-state index is 8.71. The highest BCUT2D eigenvalue weighted by Crippen LogP contribution is 2.49. The van der Waals surface area contributed by atoms with Gasteiger partial charge in [-0.15, -0.1) is 0 Å². The predicted molar refractivity (Wildman–Crippen MR) is 135 cm³/mol. The van der Waals surface area contributed by atoms with Crippen molar-refractivity contribution in [1.82, 2.24) is 4.98 Å². The predicted octanol–water partition coefficient (Wildman–Crippen LogP) is 7.21. The average molecular weight is 447 g/mol. The molecule has 3 aromatic heterocycles. The van der Waals surface area contributed by atoms with Crippen LogP contribution in [0.2, 0.25) is 0 Å². The fourth-order valence-electron chi connectivity index (χ4n) is 4.82. The quantitative estimate of drug-likeness (QED) is 0.268. The molecule has 3 heterocycles. The molecule has 0 saturated heterocycles. The normalized spacial score (nSPS) is 21.9. The van der Waals surface area contributed by atoms with Crippen LogP contribution in [0.5, 0.6) is 0 Å². The van der Waals surface area contributed by atoms with Crippen LogP contribution in [0.3, 0.4) is 0 Å². The van der Waals surface area contributed by atoms with Gasteiger partial charge in [0.1, 0.15) is 7.05 Å². The molecule has 0 N–H and O–H groups in total. The number of rotatable bonds is 2. The van der Waals surface area contributed by atoms with E-state index in [1.54, 1.807) is 54.9 Å². The highest BCUT2D eigenvalue weighted by molar-refractivity contribution is 6.10. The van der Waals surface area contributed by atoms with Crippen molar-refractivity contribution in [2.75, 3.05) is 0 Å². The van der Waals surface area contributed by atoms with Crippen LogP contribution in [0.1, 0.15) is 73.5 Å². The Labute approximate surface area is 213 Å². The summed E-state index contributed by atoms with van der Waals surface area (Å²) in [5.74, 6) is -2.93. The van der Waals surface area contributed by atoms with E-state index in [2.05, 4.69) is 4.98 Å². The van der Waals surface area contributed by atoms with Gasteiger partial charge in [-0.3, -0.25) is 0 Å². The molecule has 0 unspecified atom stereocenters. The standard InChI is InChI=1S/C30H29N2O/c1-17(2)19-13-14-32(6)25(15-19)26-18(3)11-12-21-23-16-22-20-9-7-8-10-24(20)30(4,5)28(22)31-29(23)33-27(21)26/h7-17H,1-6H3/q+1/i1D3,2D3,4D3,5D3,17D. The van der Waals surface area contributed by atoms with Gasteiger partial charge in [0.2, 0.25) is 11.4 Å². The molecule has 1 aliphatic carbocycles. The summed E-state index contributed by atoms with van der Waals surface area (Å²) < 4.78 is 115. The van der Waals surface area contributed by atoms with E-state index in [0.717, 1.165) is 0 Å². The summed E-state index contributed by atoms with van der Waals surface area (Å²) in [5.41, 5.74) is -0.0409.